The fraction of sp³-hybridized carbons (Fsp3) is 1.00. The number of hydrogen-bond donors (Lipinski definition) is 0. The Labute approximate surface area is 139 Å². The molecule has 3 heteroatoms. The summed E-state index contributed by atoms with van der Waals surface area (Å²) < 4.78 is 7.17. The average molecular weight is 320 g/mol. The topological polar surface area (TPSA) is 12.5 Å². The molecule has 0 saturated carbocycles. The van der Waals surface area contributed by atoms with E-state index in [-0.39, 0.29) is 18.1 Å². The smallest absolute Gasteiger partial charge is 0.224 e. The van der Waals surface area contributed by atoms with Crippen LogP contribution in [0.5, 0.6) is 0 Å². The number of halogens is 1. The molecule has 0 spiro atoms. The van der Waals surface area contributed by atoms with Crippen molar-refractivity contribution < 1.29 is 21.6 Å². The number of hydrogen-bond acceptors (Lipinski definition) is 1. The lowest BCUT2D eigenvalue weighted by atomic mass is 10.1. The van der Waals surface area contributed by atoms with E-state index in [9.17, 15) is 0 Å². The summed E-state index contributed by atoms with van der Waals surface area (Å²) >= 11 is 0. The van der Waals surface area contributed by atoms with E-state index < -0.39 is 0 Å². The van der Waals surface area contributed by atoms with Crippen LogP contribution in [0.2, 0.25) is 0 Å². The van der Waals surface area contributed by atoms with Crippen LogP contribution in [0.4, 0.5) is 0 Å². The Kier molecular flexibility index (Phi) is 11.0. The zero-order valence-electron chi connectivity index (χ0n) is 14.9. The first-order valence-corrected chi connectivity index (χ1v) is 9.14. The fourth-order valence-corrected chi connectivity index (χ4v) is 3.42. The van der Waals surface area contributed by atoms with Gasteiger partial charge in [0.1, 0.15) is 6.61 Å². The van der Waals surface area contributed by atoms with Crippen molar-refractivity contribution in [3.63, 3.8) is 0 Å². The van der Waals surface area contributed by atoms with E-state index in [1.54, 1.807) is 0 Å². The minimum absolute atomic E-state index is 0. The predicted molar refractivity (Wildman–Crippen MR) is 87.8 cm³/mol. The summed E-state index contributed by atoms with van der Waals surface area (Å²) in [5, 5.41) is 0. The SMILES string of the molecule is CCCCC[N+](CCCCC)(CCCCC)C1(C)CO1.[Cl-]. The molecule has 0 amide bonds. The number of nitrogens with zero attached hydrogens (tertiary/aromatic N) is 1. The Morgan fingerprint density at radius 2 is 1.10 bits per heavy atom. The number of rotatable bonds is 13. The van der Waals surface area contributed by atoms with Gasteiger partial charge in [-0.3, -0.25) is 4.48 Å². The maximum Gasteiger partial charge on any atom is 0.224 e. The van der Waals surface area contributed by atoms with E-state index >= 15 is 0 Å². The van der Waals surface area contributed by atoms with Gasteiger partial charge in [-0.25, -0.2) is 0 Å². The van der Waals surface area contributed by atoms with Gasteiger partial charge in [-0.15, -0.1) is 0 Å². The molecule has 0 radical (unpaired) electrons. The lowest BCUT2D eigenvalue weighted by Gasteiger charge is -2.42. The van der Waals surface area contributed by atoms with E-state index in [1.165, 1.54) is 81.9 Å². The van der Waals surface area contributed by atoms with Crippen LogP contribution in [-0.4, -0.2) is 36.4 Å². The second-order valence-corrected chi connectivity index (χ2v) is 6.90. The summed E-state index contributed by atoms with van der Waals surface area (Å²) in [5.74, 6) is 0. The number of epoxide rings is 1. The molecular formula is C18H38ClNO. The Morgan fingerprint density at radius 1 is 0.762 bits per heavy atom. The van der Waals surface area contributed by atoms with Gasteiger partial charge in [0.15, 0.2) is 0 Å². The molecule has 0 aromatic heterocycles. The number of quaternary nitrogens is 1. The van der Waals surface area contributed by atoms with Crippen molar-refractivity contribution in [1.82, 2.24) is 0 Å². The molecule has 21 heavy (non-hydrogen) atoms. The molecule has 0 aliphatic carbocycles. The van der Waals surface area contributed by atoms with Crippen molar-refractivity contribution >= 4 is 0 Å². The lowest BCUT2D eigenvalue weighted by molar-refractivity contribution is -0.970. The zero-order valence-corrected chi connectivity index (χ0v) is 15.7. The molecule has 1 rings (SSSR count). The van der Waals surface area contributed by atoms with Gasteiger partial charge in [0.2, 0.25) is 5.72 Å². The van der Waals surface area contributed by atoms with E-state index in [1.807, 2.05) is 0 Å². The van der Waals surface area contributed by atoms with Gasteiger partial charge < -0.3 is 17.1 Å². The molecule has 0 aromatic rings. The molecule has 1 aliphatic heterocycles. The largest absolute Gasteiger partial charge is 1.00 e. The highest BCUT2D eigenvalue weighted by atomic mass is 35.5. The Morgan fingerprint density at radius 3 is 1.33 bits per heavy atom. The monoisotopic (exact) mass is 319 g/mol. The Balaban J connectivity index is 0.00000400. The van der Waals surface area contributed by atoms with Crippen molar-refractivity contribution in [1.29, 1.82) is 0 Å². The van der Waals surface area contributed by atoms with Gasteiger partial charge in [-0.1, -0.05) is 40.0 Å². The van der Waals surface area contributed by atoms with Crippen LogP contribution in [0.25, 0.3) is 0 Å². The predicted octanol–water partition coefficient (Wildman–Crippen LogP) is 2.12. The van der Waals surface area contributed by atoms with Gasteiger partial charge in [0.05, 0.1) is 19.6 Å². The number of ether oxygens (including phenoxy) is 1. The van der Waals surface area contributed by atoms with E-state index in [2.05, 4.69) is 27.7 Å². The quantitative estimate of drug-likeness (QED) is 0.288. The summed E-state index contributed by atoms with van der Waals surface area (Å²) in [6.07, 6.45) is 12.2. The van der Waals surface area contributed by atoms with Crippen molar-refractivity contribution in [2.45, 2.75) is 91.2 Å². The number of unbranched alkanes of at least 4 members (excludes halogenated alkanes) is 6. The van der Waals surface area contributed by atoms with E-state index in [0.717, 1.165) is 6.61 Å². The summed E-state index contributed by atoms with van der Waals surface area (Å²) in [6, 6.07) is 0. The maximum absolute atomic E-state index is 5.93. The van der Waals surface area contributed by atoms with E-state index in [4.69, 9.17) is 4.74 Å². The Hall–Kier alpha value is 0.210. The Bertz CT molecular complexity index is 227. The van der Waals surface area contributed by atoms with Gasteiger partial charge in [-0.05, 0) is 38.5 Å². The highest BCUT2D eigenvalue weighted by Gasteiger charge is 2.57. The first kappa shape index (κ1) is 21.2. The molecule has 1 unspecified atom stereocenters. The third-order valence-electron chi connectivity index (χ3n) is 5.13. The van der Waals surface area contributed by atoms with Crippen LogP contribution < -0.4 is 12.4 Å². The van der Waals surface area contributed by atoms with Gasteiger partial charge in [-0.2, -0.15) is 0 Å². The third kappa shape index (κ3) is 6.46. The molecule has 128 valence electrons. The second kappa shape index (κ2) is 10.9. The molecule has 1 fully saturated rings. The van der Waals surface area contributed by atoms with Crippen LogP contribution in [0, 0.1) is 0 Å². The zero-order chi connectivity index (χ0) is 14.9. The highest BCUT2D eigenvalue weighted by molar-refractivity contribution is 4.78. The van der Waals surface area contributed by atoms with Crippen molar-refractivity contribution in [2.75, 3.05) is 26.2 Å². The van der Waals surface area contributed by atoms with Crippen LogP contribution in [0.15, 0.2) is 0 Å². The van der Waals surface area contributed by atoms with Gasteiger partial charge >= 0.3 is 0 Å². The normalized spacial score (nSPS) is 21.1. The molecular weight excluding hydrogens is 282 g/mol. The average Bonchev–Trinajstić information content (AvgIpc) is 3.18. The maximum atomic E-state index is 5.93. The molecule has 0 aromatic carbocycles. The van der Waals surface area contributed by atoms with Crippen LogP contribution in [-0.2, 0) is 4.74 Å². The fourth-order valence-electron chi connectivity index (χ4n) is 3.42. The van der Waals surface area contributed by atoms with E-state index in [0.29, 0.717) is 0 Å². The van der Waals surface area contributed by atoms with Gasteiger partial charge in [0.25, 0.3) is 0 Å². The minimum Gasteiger partial charge on any atom is -1.00 e. The van der Waals surface area contributed by atoms with Crippen molar-refractivity contribution in [3.8, 4) is 0 Å². The molecule has 0 bridgehead atoms. The first-order valence-electron chi connectivity index (χ1n) is 9.14. The van der Waals surface area contributed by atoms with Crippen molar-refractivity contribution in [2.24, 2.45) is 0 Å². The van der Waals surface area contributed by atoms with Crippen molar-refractivity contribution in [3.05, 3.63) is 0 Å². The van der Waals surface area contributed by atoms with Crippen LogP contribution >= 0.6 is 0 Å². The van der Waals surface area contributed by atoms with Crippen LogP contribution in [0.1, 0.15) is 85.5 Å². The minimum atomic E-state index is 0. The summed E-state index contributed by atoms with van der Waals surface area (Å²) in [5.41, 5.74) is 0.148. The molecule has 0 N–H and O–H groups in total. The molecule has 1 heterocycles. The lowest BCUT2D eigenvalue weighted by Crippen LogP contribution is -3.00. The summed E-state index contributed by atoms with van der Waals surface area (Å²) in [4.78, 5) is 0. The highest BCUT2D eigenvalue weighted by Crippen LogP contribution is 2.39. The second-order valence-electron chi connectivity index (χ2n) is 6.90. The first-order chi connectivity index (χ1) is 9.64. The van der Waals surface area contributed by atoms with Gasteiger partial charge in [0, 0.05) is 6.92 Å². The standard InChI is InChI=1S/C18H38NO.ClH/c1-5-8-11-14-19(15-12-9-6-2,16-13-10-7-3)18(4)17-20-18;/h5-17H2,1-4H3;1H/q+1;/p-1. The molecule has 1 aliphatic rings. The summed E-state index contributed by atoms with van der Waals surface area (Å²) in [6.45, 7) is 14.2. The molecule has 1 saturated heterocycles. The molecule has 1 atom stereocenters. The summed E-state index contributed by atoms with van der Waals surface area (Å²) in [7, 11) is 0. The molecule has 2 nitrogen and oxygen atoms in total. The third-order valence-corrected chi connectivity index (χ3v) is 5.13. The van der Waals surface area contributed by atoms with Crippen LogP contribution in [0.3, 0.4) is 0 Å².